The Balaban J connectivity index is 2.23. The minimum atomic E-state index is 0.666. The normalized spacial score (nSPS) is 11.1. The minimum absolute atomic E-state index is 0.666. The van der Waals surface area contributed by atoms with Crippen LogP contribution in [0.5, 0.6) is 0 Å². The molecule has 0 saturated heterocycles. The predicted molar refractivity (Wildman–Crippen MR) is 66.5 cm³/mol. The Morgan fingerprint density at radius 2 is 2.19 bits per heavy atom. The van der Waals surface area contributed by atoms with Crippen molar-refractivity contribution in [2.75, 3.05) is 5.73 Å². The SMILES string of the molecule is Cc1cscc1-c1nc2ccc(N)cc2o1. The summed E-state index contributed by atoms with van der Waals surface area (Å²) >= 11 is 1.65. The molecule has 3 rings (SSSR count). The third-order valence-corrected chi connectivity index (χ3v) is 3.36. The van der Waals surface area contributed by atoms with Crippen LogP contribution in [0.15, 0.2) is 33.4 Å². The fraction of sp³-hybridized carbons (Fsp3) is 0.0833. The number of hydrogen-bond donors (Lipinski definition) is 1. The first-order valence-electron chi connectivity index (χ1n) is 4.93. The summed E-state index contributed by atoms with van der Waals surface area (Å²) in [5.41, 5.74) is 10.2. The summed E-state index contributed by atoms with van der Waals surface area (Å²) in [6.45, 7) is 2.05. The first kappa shape index (κ1) is 9.42. The van der Waals surface area contributed by atoms with Gasteiger partial charge in [-0.05, 0) is 30.0 Å². The number of thiophene rings is 1. The monoisotopic (exact) mass is 230 g/mol. The number of nitrogens with two attached hydrogens (primary N) is 1. The molecule has 0 aliphatic heterocycles. The molecule has 0 bridgehead atoms. The van der Waals surface area contributed by atoms with E-state index < -0.39 is 0 Å². The van der Waals surface area contributed by atoms with Crippen molar-refractivity contribution in [1.29, 1.82) is 0 Å². The molecule has 0 radical (unpaired) electrons. The number of aryl methyl sites for hydroxylation is 1. The van der Waals surface area contributed by atoms with Gasteiger partial charge in [0.05, 0.1) is 5.56 Å². The lowest BCUT2D eigenvalue weighted by atomic mass is 10.2. The summed E-state index contributed by atoms with van der Waals surface area (Å²) in [5.74, 6) is 0.666. The van der Waals surface area contributed by atoms with Crippen LogP contribution in [-0.2, 0) is 0 Å². The summed E-state index contributed by atoms with van der Waals surface area (Å²) < 4.78 is 5.69. The number of benzene rings is 1. The van der Waals surface area contributed by atoms with Crippen molar-refractivity contribution in [2.45, 2.75) is 6.92 Å². The van der Waals surface area contributed by atoms with Crippen LogP contribution in [-0.4, -0.2) is 4.98 Å². The van der Waals surface area contributed by atoms with E-state index >= 15 is 0 Å². The maximum atomic E-state index is 5.70. The van der Waals surface area contributed by atoms with E-state index in [-0.39, 0.29) is 0 Å². The molecule has 0 amide bonds. The van der Waals surface area contributed by atoms with Gasteiger partial charge in [0.25, 0.3) is 0 Å². The average Bonchev–Trinajstić information content (AvgIpc) is 2.82. The van der Waals surface area contributed by atoms with Gasteiger partial charge in [-0.25, -0.2) is 4.98 Å². The third kappa shape index (κ3) is 1.39. The second kappa shape index (κ2) is 3.35. The van der Waals surface area contributed by atoms with E-state index in [1.54, 1.807) is 17.4 Å². The topological polar surface area (TPSA) is 52.0 Å². The summed E-state index contributed by atoms with van der Waals surface area (Å²) in [7, 11) is 0. The van der Waals surface area contributed by atoms with Crippen molar-refractivity contribution >= 4 is 28.1 Å². The lowest BCUT2D eigenvalue weighted by Crippen LogP contribution is -1.81. The van der Waals surface area contributed by atoms with Gasteiger partial charge in [0.15, 0.2) is 5.58 Å². The molecular formula is C12H10N2OS. The molecule has 0 aliphatic carbocycles. The summed E-state index contributed by atoms with van der Waals surface area (Å²) in [6, 6.07) is 5.50. The zero-order valence-electron chi connectivity index (χ0n) is 8.73. The molecular weight excluding hydrogens is 220 g/mol. The quantitative estimate of drug-likeness (QED) is 0.651. The van der Waals surface area contributed by atoms with Crippen molar-refractivity contribution in [3.8, 4) is 11.5 Å². The van der Waals surface area contributed by atoms with E-state index in [0.717, 1.165) is 16.7 Å². The Kier molecular flexibility index (Phi) is 1.97. The molecule has 0 unspecified atom stereocenters. The zero-order chi connectivity index (χ0) is 11.1. The first-order valence-corrected chi connectivity index (χ1v) is 5.87. The second-order valence-electron chi connectivity index (χ2n) is 3.71. The molecule has 0 atom stereocenters. The molecule has 4 heteroatoms. The van der Waals surface area contributed by atoms with Gasteiger partial charge in [0, 0.05) is 17.1 Å². The zero-order valence-corrected chi connectivity index (χ0v) is 9.54. The van der Waals surface area contributed by atoms with Crippen molar-refractivity contribution in [3.05, 3.63) is 34.5 Å². The Bertz CT molecular complexity index is 654. The van der Waals surface area contributed by atoms with E-state index in [0.29, 0.717) is 11.6 Å². The molecule has 0 spiro atoms. The number of anilines is 1. The highest BCUT2D eigenvalue weighted by Gasteiger charge is 2.10. The lowest BCUT2D eigenvalue weighted by Gasteiger charge is -1.90. The molecule has 1 aromatic carbocycles. The van der Waals surface area contributed by atoms with E-state index in [4.69, 9.17) is 10.2 Å². The minimum Gasteiger partial charge on any atom is -0.436 e. The van der Waals surface area contributed by atoms with Crippen molar-refractivity contribution in [1.82, 2.24) is 4.98 Å². The molecule has 0 saturated carbocycles. The van der Waals surface area contributed by atoms with Gasteiger partial charge in [-0.3, -0.25) is 0 Å². The summed E-state index contributed by atoms with van der Waals surface area (Å²) in [6.07, 6.45) is 0. The van der Waals surface area contributed by atoms with Crippen molar-refractivity contribution < 1.29 is 4.42 Å². The number of hydrogen-bond acceptors (Lipinski definition) is 4. The molecule has 2 N–H and O–H groups in total. The van der Waals surface area contributed by atoms with Crippen LogP contribution in [0.4, 0.5) is 5.69 Å². The van der Waals surface area contributed by atoms with Crippen LogP contribution < -0.4 is 5.73 Å². The molecule has 0 fully saturated rings. The number of aromatic nitrogens is 1. The van der Waals surface area contributed by atoms with Crippen molar-refractivity contribution in [2.24, 2.45) is 0 Å². The van der Waals surface area contributed by atoms with Gasteiger partial charge >= 0.3 is 0 Å². The Morgan fingerprint density at radius 3 is 2.94 bits per heavy atom. The van der Waals surface area contributed by atoms with Gasteiger partial charge in [0.1, 0.15) is 5.52 Å². The lowest BCUT2D eigenvalue weighted by molar-refractivity contribution is 0.620. The number of nitrogen functional groups attached to an aromatic ring is 1. The van der Waals surface area contributed by atoms with E-state index in [2.05, 4.69) is 17.3 Å². The maximum Gasteiger partial charge on any atom is 0.228 e. The largest absolute Gasteiger partial charge is 0.436 e. The van der Waals surface area contributed by atoms with Crippen LogP contribution in [0.2, 0.25) is 0 Å². The van der Waals surface area contributed by atoms with Crippen LogP contribution >= 0.6 is 11.3 Å². The highest BCUT2D eigenvalue weighted by Crippen LogP contribution is 2.29. The molecule has 0 aliphatic rings. The maximum absolute atomic E-state index is 5.70. The van der Waals surface area contributed by atoms with Crippen LogP contribution in [0.25, 0.3) is 22.6 Å². The van der Waals surface area contributed by atoms with Crippen molar-refractivity contribution in [3.63, 3.8) is 0 Å². The first-order chi connectivity index (χ1) is 7.74. The van der Waals surface area contributed by atoms with E-state index in [9.17, 15) is 0 Å². The Hall–Kier alpha value is -1.81. The van der Waals surface area contributed by atoms with Crippen LogP contribution in [0, 0.1) is 6.92 Å². The van der Waals surface area contributed by atoms with Gasteiger partial charge in [-0.1, -0.05) is 0 Å². The standard InChI is InChI=1S/C12H10N2OS/c1-7-5-16-6-9(7)12-14-10-3-2-8(13)4-11(10)15-12/h2-6H,13H2,1H3. The van der Waals surface area contributed by atoms with Gasteiger partial charge < -0.3 is 10.2 Å². The number of nitrogens with zero attached hydrogens (tertiary/aromatic N) is 1. The Labute approximate surface area is 96.5 Å². The van der Waals surface area contributed by atoms with Gasteiger partial charge in [-0.2, -0.15) is 11.3 Å². The predicted octanol–water partition coefficient (Wildman–Crippen LogP) is 3.45. The molecule has 2 heterocycles. The number of oxazole rings is 1. The fourth-order valence-corrected chi connectivity index (χ4v) is 2.46. The van der Waals surface area contributed by atoms with E-state index in [1.807, 2.05) is 17.5 Å². The number of rotatable bonds is 1. The smallest absolute Gasteiger partial charge is 0.228 e. The molecule has 3 aromatic rings. The third-order valence-electron chi connectivity index (χ3n) is 2.50. The van der Waals surface area contributed by atoms with E-state index in [1.165, 1.54) is 5.56 Å². The van der Waals surface area contributed by atoms with Gasteiger partial charge in [-0.15, -0.1) is 0 Å². The summed E-state index contributed by atoms with van der Waals surface area (Å²) in [4.78, 5) is 4.44. The molecule has 2 aromatic heterocycles. The van der Waals surface area contributed by atoms with Crippen LogP contribution in [0.1, 0.15) is 5.56 Å². The second-order valence-corrected chi connectivity index (χ2v) is 4.46. The van der Waals surface area contributed by atoms with Gasteiger partial charge in [0.2, 0.25) is 5.89 Å². The highest BCUT2D eigenvalue weighted by atomic mass is 32.1. The Morgan fingerprint density at radius 1 is 1.31 bits per heavy atom. The average molecular weight is 230 g/mol. The number of fused-ring (bicyclic) bond motifs is 1. The summed E-state index contributed by atoms with van der Waals surface area (Å²) in [5, 5.41) is 4.13. The fourth-order valence-electron chi connectivity index (χ4n) is 1.64. The molecule has 3 nitrogen and oxygen atoms in total. The highest BCUT2D eigenvalue weighted by molar-refractivity contribution is 7.08. The molecule has 80 valence electrons. The molecule has 16 heavy (non-hydrogen) atoms. The van der Waals surface area contributed by atoms with Crippen LogP contribution in [0.3, 0.4) is 0 Å².